The van der Waals surface area contributed by atoms with Crippen LogP contribution in [0.1, 0.15) is 17.4 Å². The minimum atomic E-state index is -0.943. The van der Waals surface area contributed by atoms with Crippen molar-refractivity contribution < 1.29 is 14.7 Å². The van der Waals surface area contributed by atoms with Crippen LogP contribution in [-0.2, 0) is 22.6 Å². The van der Waals surface area contributed by atoms with Gasteiger partial charge in [0.25, 0.3) is 0 Å². The summed E-state index contributed by atoms with van der Waals surface area (Å²) in [5.74, 6) is -0.985. The Morgan fingerprint density at radius 2 is 2.39 bits per heavy atom. The highest BCUT2D eigenvalue weighted by molar-refractivity contribution is 7.10. The number of nitrogens with zero attached hydrogens (tertiary/aromatic N) is 1. The molecular formula is C12H16N2O3S. The van der Waals surface area contributed by atoms with Crippen molar-refractivity contribution >= 4 is 23.2 Å². The van der Waals surface area contributed by atoms with Crippen molar-refractivity contribution in [3.8, 4) is 0 Å². The Balaban J connectivity index is 1.86. The van der Waals surface area contributed by atoms with E-state index in [2.05, 4.69) is 5.32 Å². The van der Waals surface area contributed by atoms with E-state index in [1.807, 2.05) is 11.4 Å². The lowest BCUT2D eigenvalue weighted by molar-refractivity contribution is -0.139. The van der Waals surface area contributed by atoms with Gasteiger partial charge in [-0.15, -0.1) is 11.3 Å². The Morgan fingerprint density at radius 1 is 1.61 bits per heavy atom. The molecule has 1 aromatic rings. The molecule has 0 bridgehead atoms. The van der Waals surface area contributed by atoms with Gasteiger partial charge in [0.05, 0.1) is 6.54 Å². The number of fused-ring (bicyclic) bond motifs is 1. The first-order valence-corrected chi connectivity index (χ1v) is 6.75. The maximum Gasteiger partial charge on any atom is 0.320 e. The van der Waals surface area contributed by atoms with Crippen LogP contribution in [0.2, 0.25) is 0 Å². The van der Waals surface area contributed by atoms with Gasteiger partial charge >= 0.3 is 5.97 Å². The third kappa shape index (κ3) is 2.88. The number of hydrogen-bond donors (Lipinski definition) is 2. The zero-order chi connectivity index (χ0) is 13.1. The van der Waals surface area contributed by atoms with E-state index in [-0.39, 0.29) is 12.5 Å². The molecule has 0 aromatic carbocycles. The number of nitrogens with one attached hydrogen (secondary N) is 1. The van der Waals surface area contributed by atoms with Crippen molar-refractivity contribution in [2.75, 3.05) is 13.1 Å². The van der Waals surface area contributed by atoms with E-state index in [0.29, 0.717) is 6.54 Å². The average molecular weight is 268 g/mol. The predicted molar refractivity (Wildman–Crippen MR) is 68.5 cm³/mol. The molecule has 18 heavy (non-hydrogen) atoms. The molecule has 0 spiro atoms. The Hall–Kier alpha value is -1.40. The predicted octanol–water partition coefficient (Wildman–Crippen LogP) is 0.696. The van der Waals surface area contributed by atoms with Gasteiger partial charge in [-0.25, -0.2) is 0 Å². The number of thiophene rings is 1. The molecule has 2 heterocycles. The number of carbonyl (C=O) groups is 2. The van der Waals surface area contributed by atoms with E-state index < -0.39 is 12.0 Å². The van der Waals surface area contributed by atoms with Gasteiger partial charge in [0, 0.05) is 18.0 Å². The maximum absolute atomic E-state index is 11.9. The van der Waals surface area contributed by atoms with Crippen molar-refractivity contribution in [3.05, 3.63) is 21.9 Å². The summed E-state index contributed by atoms with van der Waals surface area (Å²) in [5, 5.41) is 13.5. The van der Waals surface area contributed by atoms with Gasteiger partial charge in [-0.2, -0.15) is 0 Å². The van der Waals surface area contributed by atoms with E-state index in [9.17, 15) is 9.59 Å². The van der Waals surface area contributed by atoms with Gasteiger partial charge in [0.1, 0.15) is 6.04 Å². The minimum Gasteiger partial charge on any atom is -0.480 e. The van der Waals surface area contributed by atoms with Gasteiger partial charge in [-0.1, -0.05) is 0 Å². The highest BCUT2D eigenvalue weighted by atomic mass is 32.1. The lowest BCUT2D eigenvalue weighted by Gasteiger charge is -2.27. The summed E-state index contributed by atoms with van der Waals surface area (Å²) in [7, 11) is 0. The van der Waals surface area contributed by atoms with Gasteiger partial charge in [0.15, 0.2) is 0 Å². The monoisotopic (exact) mass is 268 g/mol. The molecule has 2 rings (SSSR count). The fourth-order valence-corrected chi connectivity index (χ4v) is 2.79. The second-order valence-corrected chi connectivity index (χ2v) is 5.38. The molecule has 98 valence electrons. The number of amides is 1. The largest absolute Gasteiger partial charge is 0.480 e. The van der Waals surface area contributed by atoms with Crippen LogP contribution in [0.25, 0.3) is 0 Å². The topological polar surface area (TPSA) is 69.6 Å². The van der Waals surface area contributed by atoms with Gasteiger partial charge < -0.3 is 10.0 Å². The van der Waals surface area contributed by atoms with Crippen molar-refractivity contribution in [2.24, 2.45) is 0 Å². The lowest BCUT2D eigenvalue weighted by atomic mass is 10.1. The molecule has 0 radical (unpaired) electrons. The third-order valence-electron chi connectivity index (χ3n) is 3.09. The average Bonchev–Trinajstić information content (AvgIpc) is 2.82. The molecule has 1 aromatic heterocycles. The quantitative estimate of drug-likeness (QED) is 0.843. The number of carbonyl (C=O) groups excluding carboxylic acids is 1. The zero-order valence-electron chi connectivity index (χ0n) is 10.2. The summed E-state index contributed by atoms with van der Waals surface area (Å²) in [4.78, 5) is 25.7. The Morgan fingerprint density at radius 3 is 3.11 bits per heavy atom. The van der Waals surface area contributed by atoms with Crippen LogP contribution < -0.4 is 5.32 Å². The molecule has 0 saturated carbocycles. The smallest absolute Gasteiger partial charge is 0.320 e. The van der Waals surface area contributed by atoms with Gasteiger partial charge in [-0.3, -0.25) is 14.9 Å². The molecule has 1 aliphatic heterocycles. The summed E-state index contributed by atoms with van der Waals surface area (Å²) >= 11 is 1.73. The first-order chi connectivity index (χ1) is 8.58. The minimum absolute atomic E-state index is 0.0417. The Bertz CT molecular complexity index is 458. The molecule has 6 heteroatoms. The summed E-state index contributed by atoms with van der Waals surface area (Å²) in [6, 6.07) is 1.35. The maximum atomic E-state index is 11.9. The summed E-state index contributed by atoms with van der Waals surface area (Å²) in [6.45, 7) is 2.96. The molecule has 1 aliphatic rings. The van der Waals surface area contributed by atoms with Crippen LogP contribution in [0, 0.1) is 0 Å². The fourth-order valence-electron chi connectivity index (χ4n) is 1.90. The molecule has 2 N–H and O–H groups in total. The zero-order valence-corrected chi connectivity index (χ0v) is 11.0. The molecule has 5 nitrogen and oxygen atoms in total. The molecular weight excluding hydrogens is 252 g/mol. The fraction of sp³-hybridized carbons (Fsp3) is 0.500. The molecule has 0 fully saturated rings. The number of carboxylic acids is 1. The van der Waals surface area contributed by atoms with E-state index >= 15 is 0 Å². The standard InChI is InChI=1S/C12H16N2O3S/c1-8(12(16)17)13-6-11(15)14-4-2-10-9(7-14)3-5-18-10/h3,5,8,13H,2,4,6-7H2,1H3,(H,16,17). The lowest BCUT2D eigenvalue weighted by Crippen LogP contribution is -2.44. The van der Waals surface area contributed by atoms with Crippen molar-refractivity contribution in [3.63, 3.8) is 0 Å². The molecule has 0 saturated heterocycles. The molecule has 1 amide bonds. The van der Waals surface area contributed by atoms with Crippen molar-refractivity contribution in [2.45, 2.75) is 25.9 Å². The Kier molecular flexibility index (Phi) is 3.98. The van der Waals surface area contributed by atoms with Crippen molar-refractivity contribution in [1.29, 1.82) is 0 Å². The number of aliphatic carboxylic acids is 1. The number of rotatable bonds is 4. The van der Waals surface area contributed by atoms with Crippen LogP contribution >= 0.6 is 11.3 Å². The highest BCUT2D eigenvalue weighted by Gasteiger charge is 2.22. The van der Waals surface area contributed by atoms with Crippen LogP contribution in [0.5, 0.6) is 0 Å². The first-order valence-electron chi connectivity index (χ1n) is 5.87. The van der Waals surface area contributed by atoms with Crippen molar-refractivity contribution in [1.82, 2.24) is 10.2 Å². The third-order valence-corrected chi connectivity index (χ3v) is 4.11. The second-order valence-electron chi connectivity index (χ2n) is 4.38. The van der Waals surface area contributed by atoms with E-state index in [1.54, 1.807) is 16.2 Å². The molecule has 0 aliphatic carbocycles. The molecule has 1 atom stereocenters. The van der Waals surface area contributed by atoms with Gasteiger partial charge in [0.2, 0.25) is 5.91 Å². The highest BCUT2D eigenvalue weighted by Crippen LogP contribution is 2.23. The summed E-state index contributed by atoms with van der Waals surface area (Å²) in [5.41, 5.74) is 1.21. The second kappa shape index (κ2) is 5.49. The first kappa shape index (κ1) is 13.0. The SMILES string of the molecule is CC(NCC(=O)N1CCc2sccc2C1)C(=O)O. The van der Waals surface area contributed by atoms with Crippen LogP contribution in [-0.4, -0.2) is 41.0 Å². The number of carboxylic acid groups (broad SMARTS) is 1. The van der Waals surface area contributed by atoms with E-state index in [4.69, 9.17) is 5.11 Å². The molecule has 1 unspecified atom stereocenters. The van der Waals surface area contributed by atoms with Crippen LogP contribution in [0.4, 0.5) is 0 Å². The number of hydrogen-bond acceptors (Lipinski definition) is 4. The van der Waals surface area contributed by atoms with E-state index in [1.165, 1.54) is 17.4 Å². The summed E-state index contributed by atoms with van der Waals surface area (Å²) in [6.07, 6.45) is 0.896. The van der Waals surface area contributed by atoms with Crippen LogP contribution in [0.15, 0.2) is 11.4 Å². The Labute approximate surface area is 109 Å². The summed E-state index contributed by atoms with van der Waals surface area (Å²) < 4.78 is 0. The van der Waals surface area contributed by atoms with E-state index in [0.717, 1.165) is 13.0 Å². The normalized spacial score (nSPS) is 16.2. The van der Waals surface area contributed by atoms with Crippen LogP contribution in [0.3, 0.4) is 0 Å². The van der Waals surface area contributed by atoms with Gasteiger partial charge in [-0.05, 0) is 30.4 Å².